The number of nitrogens with one attached hydrogen (secondary N) is 2. The first kappa shape index (κ1) is 18.5. The quantitative estimate of drug-likeness (QED) is 0.551. The fraction of sp³-hybridized carbons (Fsp3) is 0.316. The zero-order valence-corrected chi connectivity index (χ0v) is 16.3. The molecule has 0 saturated heterocycles. The maximum atomic E-state index is 12.5. The lowest BCUT2D eigenvalue weighted by Crippen LogP contribution is -2.29. The Bertz CT molecular complexity index is 884. The fourth-order valence-electron chi connectivity index (χ4n) is 2.90. The number of hydrogen-bond acceptors (Lipinski definition) is 4. The van der Waals surface area contributed by atoms with Crippen molar-refractivity contribution in [1.82, 2.24) is 20.1 Å². The highest BCUT2D eigenvalue weighted by Crippen LogP contribution is 2.23. The van der Waals surface area contributed by atoms with Gasteiger partial charge in [0.15, 0.2) is 10.6 Å². The molecule has 0 saturated carbocycles. The van der Waals surface area contributed by atoms with Gasteiger partial charge in [-0.25, -0.2) is 0 Å². The van der Waals surface area contributed by atoms with Crippen LogP contribution in [0.3, 0.4) is 0 Å². The molecular formula is C19H22N4OS2. The van der Waals surface area contributed by atoms with E-state index in [1.165, 1.54) is 0 Å². The molecule has 1 atom stereocenters. The zero-order valence-electron chi connectivity index (χ0n) is 14.6. The van der Waals surface area contributed by atoms with E-state index < -0.39 is 0 Å². The fourth-order valence-corrected chi connectivity index (χ4v) is 3.84. The molecule has 26 heavy (non-hydrogen) atoms. The molecule has 0 aliphatic rings. The Labute approximate surface area is 162 Å². The molecule has 1 aromatic carbocycles. The number of carbonyl (C=O) groups is 1. The van der Waals surface area contributed by atoms with Crippen molar-refractivity contribution in [3.8, 4) is 10.7 Å². The van der Waals surface area contributed by atoms with Crippen LogP contribution in [0.15, 0.2) is 47.8 Å². The highest BCUT2D eigenvalue weighted by atomic mass is 32.1. The van der Waals surface area contributed by atoms with E-state index in [0.717, 1.165) is 29.1 Å². The van der Waals surface area contributed by atoms with Crippen LogP contribution in [0.2, 0.25) is 0 Å². The SMILES string of the molecule is CCCC(NC(=O)CCn1c(-c2cccs2)n[nH]c1=S)c1ccccc1. The number of carbonyl (C=O) groups excluding carboxylic acids is 1. The highest BCUT2D eigenvalue weighted by molar-refractivity contribution is 7.71. The number of H-pyrrole nitrogens is 1. The van der Waals surface area contributed by atoms with Gasteiger partial charge in [0.2, 0.25) is 5.91 Å². The molecule has 2 aromatic heterocycles. The van der Waals surface area contributed by atoms with E-state index in [1.54, 1.807) is 11.3 Å². The minimum atomic E-state index is 0.0209. The van der Waals surface area contributed by atoms with Gasteiger partial charge in [0.1, 0.15) is 0 Å². The summed E-state index contributed by atoms with van der Waals surface area (Å²) in [5, 5.41) is 12.3. The number of nitrogens with zero attached hydrogens (tertiary/aromatic N) is 2. The second kappa shape index (κ2) is 8.91. The van der Waals surface area contributed by atoms with Crippen molar-refractivity contribution >= 4 is 29.5 Å². The van der Waals surface area contributed by atoms with Crippen LogP contribution in [-0.4, -0.2) is 20.7 Å². The van der Waals surface area contributed by atoms with Crippen LogP contribution in [0.1, 0.15) is 37.8 Å². The van der Waals surface area contributed by atoms with E-state index in [9.17, 15) is 4.79 Å². The van der Waals surface area contributed by atoms with Crippen molar-refractivity contribution in [3.05, 3.63) is 58.2 Å². The Morgan fingerprint density at radius 3 is 2.81 bits per heavy atom. The first-order valence-corrected chi connectivity index (χ1v) is 10.0. The number of hydrogen-bond donors (Lipinski definition) is 2. The average molecular weight is 387 g/mol. The third kappa shape index (κ3) is 4.47. The molecule has 5 nitrogen and oxygen atoms in total. The second-order valence-electron chi connectivity index (χ2n) is 6.05. The Hall–Kier alpha value is -2.25. The maximum Gasteiger partial charge on any atom is 0.222 e. The first-order valence-electron chi connectivity index (χ1n) is 8.72. The van der Waals surface area contributed by atoms with Crippen molar-refractivity contribution in [3.63, 3.8) is 0 Å². The van der Waals surface area contributed by atoms with Crippen molar-refractivity contribution in [2.75, 3.05) is 0 Å². The number of rotatable bonds is 8. The topological polar surface area (TPSA) is 62.7 Å². The number of amides is 1. The third-order valence-electron chi connectivity index (χ3n) is 4.18. The summed E-state index contributed by atoms with van der Waals surface area (Å²) in [6.07, 6.45) is 2.29. The van der Waals surface area contributed by atoms with Gasteiger partial charge in [0.25, 0.3) is 0 Å². The number of aromatic amines is 1. The monoisotopic (exact) mass is 386 g/mol. The molecule has 0 aliphatic heterocycles. The molecule has 7 heteroatoms. The molecule has 0 fully saturated rings. The van der Waals surface area contributed by atoms with Crippen LogP contribution in [0.4, 0.5) is 0 Å². The van der Waals surface area contributed by atoms with Gasteiger partial charge in [-0.15, -0.1) is 11.3 Å². The Morgan fingerprint density at radius 2 is 2.12 bits per heavy atom. The smallest absolute Gasteiger partial charge is 0.222 e. The normalized spacial score (nSPS) is 12.0. The molecule has 136 valence electrons. The molecule has 1 amide bonds. The van der Waals surface area contributed by atoms with E-state index in [4.69, 9.17) is 12.2 Å². The molecule has 0 bridgehead atoms. The molecule has 2 heterocycles. The maximum absolute atomic E-state index is 12.5. The lowest BCUT2D eigenvalue weighted by molar-refractivity contribution is -0.122. The molecule has 0 spiro atoms. The van der Waals surface area contributed by atoms with Gasteiger partial charge in [-0.3, -0.25) is 14.5 Å². The molecule has 2 N–H and O–H groups in total. The molecule has 1 unspecified atom stereocenters. The van der Waals surface area contributed by atoms with Crippen molar-refractivity contribution < 1.29 is 4.79 Å². The predicted octanol–water partition coefficient (Wildman–Crippen LogP) is 4.72. The lowest BCUT2D eigenvalue weighted by Gasteiger charge is -2.19. The second-order valence-corrected chi connectivity index (χ2v) is 7.39. The molecule has 0 aliphatic carbocycles. The largest absolute Gasteiger partial charge is 0.349 e. The Morgan fingerprint density at radius 1 is 1.31 bits per heavy atom. The van der Waals surface area contributed by atoms with Crippen molar-refractivity contribution in [1.29, 1.82) is 0 Å². The van der Waals surface area contributed by atoms with Crippen LogP contribution >= 0.6 is 23.6 Å². The summed E-state index contributed by atoms with van der Waals surface area (Å²) in [4.78, 5) is 13.6. The minimum Gasteiger partial charge on any atom is -0.349 e. The number of aromatic nitrogens is 3. The van der Waals surface area contributed by atoms with Crippen LogP contribution in [0.25, 0.3) is 10.7 Å². The molecule has 3 aromatic rings. The van der Waals surface area contributed by atoms with E-state index in [2.05, 4.69) is 34.6 Å². The minimum absolute atomic E-state index is 0.0209. The zero-order chi connectivity index (χ0) is 18.4. The number of benzene rings is 1. The van der Waals surface area contributed by atoms with Gasteiger partial charge in [-0.05, 0) is 35.6 Å². The van der Waals surface area contributed by atoms with Crippen LogP contribution in [-0.2, 0) is 11.3 Å². The summed E-state index contributed by atoms with van der Waals surface area (Å²) in [5.74, 6) is 0.804. The van der Waals surface area contributed by atoms with Crippen LogP contribution in [0, 0.1) is 4.77 Å². The van der Waals surface area contributed by atoms with Gasteiger partial charge >= 0.3 is 0 Å². The summed E-state index contributed by atoms with van der Waals surface area (Å²) in [5.41, 5.74) is 1.14. The van der Waals surface area contributed by atoms with Gasteiger partial charge in [0.05, 0.1) is 10.9 Å². The summed E-state index contributed by atoms with van der Waals surface area (Å²) >= 11 is 6.92. The van der Waals surface area contributed by atoms with Crippen molar-refractivity contribution in [2.45, 2.75) is 38.8 Å². The molecular weight excluding hydrogens is 364 g/mol. The summed E-state index contributed by atoms with van der Waals surface area (Å²) < 4.78 is 2.42. The van der Waals surface area contributed by atoms with E-state index in [0.29, 0.717) is 17.7 Å². The van der Waals surface area contributed by atoms with Crippen LogP contribution in [0.5, 0.6) is 0 Å². The third-order valence-corrected chi connectivity index (χ3v) is 5.35. The van der Waals surface area contributed by atoms with E-state index in [-0.39, 0.29) is 11.9 Å². The Balaban J connectivity index is 1.66. The Kier molecular flexibility index (Phi) is 6.35. The standard InChI is InChI=1S/C19H22N4OS2/c1-2-7-15(14-8-4-3-5-9-14)20-17(24)11-12-23-18(21-22-19(23)25)16-10-6-13-26-16/h3-6,8-10,13,15H,2,7,11-12H2,1H3,(H,20,24)(H,22,25). The lowest BCUT2D eigenvalue weighted by atomic mass is 10.0. The van der Waals surface area contributed by atoms with Crippen molar-refractivity contribution in [2.24, 2.45) is 0 Å². The first-order chi connectivity index (χ1) is 12.7. The average Bonchev–Trinajstić information content (AvgIpc) is 3.30. The molecule has 0 radical (unpaired) electrons. The number of thiophene rings is 1. The van der Waals surface area contributed by atoms with E-state index >= 15 is 0 Å². The van der Waals surface area contributed by atoms with Gasteiger partial charge < -0.3 is 5.32 Å². The summed E-state index contributed by atoms with van der Waals surface area (Å²) in [6.45, 7) is 2.63. The molecule has 3 rings (SSSR count). The van der Waals surface area contributed by atoms with Crippen LogP contribution < -0.4 is 5.32 Å². The summed E-state index contributed by atoms with van der Waals surface area (Å²) in [6, 6.07) is 14.1. The predicted molar refractivity (Wildman–Crippen MR) is 108 cm³/mol. The van der Waals surface area contributed by atoms with Gasteiger partial charge in [0, 0.05) is 13.0 Å². The van der Waals surface area contributed by atoms with E-state index in [1.807, 2.05) is 40.3 Å². The van der Waals surface area contributed by atoms with Gasteiger partial charge in [-0.2, -0.15) is 5.10 Å². The highest BCUT2D eigenvalue weighted by Gasteiger charge is 2.15. The summed E-state index contributed by atoms with van der Waals surface area (Å²) in [7, 11) is 0. The van der Waals surface area contributed by atoms with Gasteiger partial charge in [-0.1, -0.05) is 49.7 Å².